The molecule has 126 valence electrons. The molecule has 7 heteroatoms. The van der Waals surface area contributed by atoms with Crippen LogP contribution in [0.1, 0.15) is 34.3 Å². The van der Waals surface area contributed by atoms with Crippen LogP contribution in [0.15, 0.2) is 18.2 Å². The normalized spacial score (nSPS) is 21.2. The molecular formula is C16H19F3N2O2. The van der Waals surface area contributed by atoms with Crippen LogP contribution in [0.25, 0.3) is 0 Å². The number of carbonyl (C=O) groups is 1. The number of benzene rings is 1. The zero-order valence-electron chi connectivity index (χ0n) is 12.6. The molecule has 0 aliphatic carbocycles. The van der Waals surface area contributed by atoms with E-state index >= 15 is 0 Å². The van der Waals surface area contributed by atoms with Gasteiger partial charge in [0, 0.05) is 19.6 Å². The van der Waals surface area contributed by atoms with E-state index in [4.69, 9.17) is 5.11 Å². The second-order valence-corrected chi connectivity index (χ2v) is 6.58. The fraction of sp³-hybridized carbons (Fsp3) is 0.562. The summed E-state index contributed by atoms with van der Waals surface area (Å²) < 4.78 is 38.5. The van der Waals surface area contributed by atoms with Gasteiger partial charge in [0.05, 0.1) is 11.1 Å². The molecule has 0 bridgehead atoms. The molecule has 2 fully saturated rings. The number of hydrogen-bond donors (Lipinski definition) is 2. The highest BCUT2D eigenvalue weighted by atomic mass is 19.4. The summed E-state index contributed by atoms with van der Waals surface area (Å²) in [5, 5.41) is 12.4. The Balaban J connectivity index is 1.70. The predicted molar refractivity (Wildman–Crippen MR) is 78.2 cm³/mol. The average Bonchev–Trinajstić information content (AvgIpc) is 2.45. The lowest BCUT2D eigenvalue weighted by atomic mass is 9.72. The topological polar surface area (TPSA) is 52.6 Å². The molecule has 2 saturated heterocycles. The third kappa shape index (κ3) is 3.35. The first-order valence-corrected chi connectivity index (χ1v) is 7.66. The summed E-state index contributed by atoms with van der Waals surface area (Å²) in [6, 6.07) is 3.40. The molecule has 0 saturated carbocycles. The van der Waals surface area contributed by atoms with Gasteiger partial charge in [-0.2, -0.15) is 13.2 Å². The summed E-state index contributed by atoms with van der Waals surface area (Å²) in [5.41, 5.74) is -0.814. The standard InChI is InChI=1S/C16H19F3N2O2/c17-16(18,19)13-2-1-11(7-12(13)14(22)23)8-21-9-15(10-21)3-5-20-6-4-15/h1-2,7,20H,3-6,8-10H2,(H,22,23). The molecule has 0 radical (unpaired) electrons. The van der Waals surface area contributed by atoms with E-state index in [1.54, 1.807) is 0 Å². The minimum Gasteiger partial charge on any atom is -0.478 e. The quantitative estimate of drug-likeness (QED) is 0.895. The maximum atomic E-state index is 12.8. The Morgan fingerprint density at radius 2 is 1.91 bits per heavy atom. The SMILES string of the molecule is O=C(O)c1cc(CN2CC3(CCNCC3)C2)ccc1C(F)(F)F. The minimum absolute atomic E-state index is 0.340. The van der Waals surface area contributed by atoms with Crippen molar-refractivity contribution < 1.29 is 23.1 Å². The number of carboxylic acid groups (broad SMARTS) is 1. The molecule has 0 unspecified atom stereocenters. The van der Waals surface area contributed by atoms with Gasteiger partial charge in [0.1, 0.15) is 0 Å². The van der Waals surface area contributed by atoms with Crippen molar-refractivity contribution in [1.82, 2.24) is 10.2 Å². The molecule has 2 heterocycles. The molecule has 2 aliphatic rings. The van der Waals surface area contributed by atoms with Gasteiger partial charge < -0.3 is 10.4 Å². The highest BCUT2D eigenvalue weighted by Gasteiger charge is 2.43. The van der Waals surface area contributed by atoms with Crippen LogP contribution in [0.3, 0.4) is 0 Å². The van der Waals surface area contributed by atoms with Crippen LogP contribution < -0.4 is 5.32 Å². The number of likely N-dealkylation sites (tertiary alicyclic amines) is 1. The fourth-order valence-corrected chi connectivity index (χ4v) is 3.66. The van der Waals surface area contributed by atoms with Crippen LogP contribution in [0.5, 0.6) is 0 Å². The minimum atomic E-state index is -4.65. The van der Waals surface area contributed by atoms with Gasteiger partial charge in [-0.1, -0.05) is 6.07 Å². The van der Waals surface area contributed by atoms with Crippen molar-refractivity contribution in [1.29, 1.82) is 0 Å². The van der Waals surface area contributed by atoms with Gasteiger partial charge in [-0.05, 0) is 49.0 Å². The molecule has 23 heavy (non-hydrogen) atoms. The molecule has 0 amide bonds. The molecule has 0 aromatic heterocycles. The van der Waals surface area contributed by atoms with E-state index in [-0.39, 0.29) is 0 Å². The monoisotopic (exact) mass is 328 g/mol. The number of rotatable bonds is 3. The Labute approximate surface area is 132 Å². The summed E-state index contributed by atoms with van der Waals surface area (Å²) in [5.74, 6) is -1.54. The van der Waals surface area contributed by atoms with Crippen LogP contribution in [0.2, 0.25) is 0 Å². The van der Waals surface area contributed by atoms with Crippen LogP contribution in [0.4, 0.5) is 13.2 Å². The van der Waals surface area contributed by atoms with Crippen molar-refractivity contribution in [3.05, 3.63) is 34.9 Å². The van der Waals surface area contributed by atoms with Crippen molar-refractivity contribution in [2.75, 3.05) is 26.2 Å². The van der Waals surface area contributed by atoms with Crippen LogP contribution in [0, 0.1) is 5.41 Å². The van der Waals surface area contributed by atoms with Gasteiger partial charge in [-0.3, -0.25) is 4.90 Å². The Hall–Kier alpha value is -1.60. The van der Waals surface area contributed by atoms with Crippen molar-refractivity contribution in [3.8, 4) is 0 Å². The van der Waals surface area contributed by atoms with Crippen LogP contribution >= 0.6 is 0 Å². The number of piperidine rings is 1. The molecule has 1 aromatic carbocycles. The number of hydrogen-bond acceptors (Lipinski definition) is 3. The van der Waals surface area contributed by atoms with Crippen LogP contribution in [-0.4, -0.2) is 42.2 Å². The van der Waals surface area contributed by atoms with Gasteiger partial charge in [-0.15, -0.1) is 0 Å². The largest absolute Gasteiger partial charge is 0.478 e. The van der Waals surface area contributed by atoms with Gasteiger partial charge in [0.25, 0.3) is 0 Å². The summed E-state index contributed by atoms with van der Waals surface area (Å²) >= 11 is 0. The molecule has 0 atom stereocenters. The Bertz CT molecular complexity index is 602. The van der Waals surface area contributed by atoms with E-state index < -0.39 is 23.3 Å². The van der Waals surface area contributed by atoms with Gasteiger partial charge in [0.2, 0.25) is 0 Å². The highest BCUT2D eigenvalue weighted by Crippen LogP contribution is 2.39. The van der Waals surface area contributed by atoms with Crippen LogP contribution in [-0.2, 0) is 12.7 Å². The molecule has 3 rings (SSSR count). The summed E-state index contributed by atoms with van der Waals surface area (Å²) in [4.78, 5) is 13.3. The van der Waals surface area contributed by atoms with Crippen molar-refractivity contribution in [2.24, 2.45) is 5.41 Å². The second kappa shape index (κ2) is 5.79. The Morgan fingerprint density at radius 1 is 1.26 bits per heavy atom. The number of nitrogens with zero attached hydrogens (tertiary/aromatic N) is 1. The van der Waals surface area contributed by atoms with Gasteiger partial charge >= 0.3 is 12.1 Å². The molecule has 2 aliphatic heterocycles. The lowest BCUT2D eigenvalue weighted by molar-refractivity contribution is -0.138. The number of alkyl halides is 3. The maximum Gasteiger partial charge on any atom is 0.417 e. The van der Waals surface area contributed by atoms with Crippen molar-refractivity contribution >= 4 is 5.97 Å². The smallest absolute Gasteiger partial charge is 0.417 e. The summed E-state index contributed by atoms with van der Waals surface area (Å²) in [6.07, 6.45) is -2.41. The predicted octanol–water partition coefficient (Wildman–Crippen LogP) is 2.59. The number of carboxylic acids is 1. The zero-order valence-corrected chi connectivity index (χ0v) is 12.6. The number of halogens is 3. The summed E-state index contributed by atoms with van der Waals surface area (Å²) in [7, 11) is 0. The van der Waals surface area contributed by atoms with E-state index in [1.807, 2.05) is 0 Å². The number of aromatic carboxylic acids is 1. The van der Waals surface area contributed by atoms with E-state index in [0.29, 0.717) is 17.5 Å². The van der Waals surface area contributed by atoms with Gasteiger partial charge in [-0.25, -0.2) is 4.79 Å². The third-order valence-electron chi connectivity index (χ3n) is 4.81. The highest BCUT2D eigenvalue weighted by molar-refractivity contribution is 5.89. The van der Waals surface area contributed by atoms with E-state index in [1.165, 1.54) is 6.07 Å². The second-order valence-electron chi connectivity index (χ2n) is 6.58. The van der Waals surface area contributed by atoms with Crippen molar-refractivity contribution in [2.45, 2.75) is 25.6 Å². The van der Waals surface area contributed by atoms with E-state index in [0.717, 1.165) is 51.2 Å². The van der Waals surface area contributed by atoms with E-state index in [2.05, 4.69) is 10.2 Å². The first kappa shape index (κ1) is 16.3. The molecule has 1 aromatic rings. The van der Waals surface area contributed by atoms with Crippen molar-refractivity contribution in [3.63, 3.8) is 0 Å². The fourth-order valence-electron chi connectivity index (χ4n) is 3.66. The Morgan fingerprint density at radius 3 is 2.48 bits per heavy atom. The molecule has 4 nitrogen and oxygen atoms in total. The first-order valence-electron chi connectivity index (χ1n) is 7.66. The third-order valence-corrected chi connectivity index (χ3v) is 4.81. The lowest BCUT2D eigenvalue weighted by Crippen LogP contribution is -2.59. The Kier molecular flexibility index (Phi) is 4.10. The average molecular weight is 328 g/mol. The van der Waals surface area contributed by atoms with E-state index in [9.17, 15) is 18.0 Å². The zero-order chi connectivity index (χ0) is 16.7. The maximum absolute atomic E-state index is 12.8. The molecule has 2 N–H and O–H groups in total. The first-order chi connectivity index (χ1) is 10.8. The van der Waals surface area contributed by atoms with Gasteiger partial charge in [0.15, 0.2) is 0 Å². The molecule has 1 spiro atoms. The lowest BCUT2D eigenvalue weighted by Gasteiger charge is -2.52. The summed E-state index contributed by atoms with van der Waals surface area (Å²) in [6.45, 7) is 4.37. The number of nitrogens with one attached hydrogen (secondary N) is 1. The molecular weight excluding hydrogens is 309 g/mol.